The van der Waals surface area contributed by atoms with Crippen LogP contribution in [0.2, 0.25) is 0 Å². The van der Waals surface area contributed by atoms with Gasteiger partial charge in [-0.25, -0.2) is 0 Å². The van der Waals surface area contributed by atoms with Gasteiger partial charge in [-0.2, -0.15) is 0 Å². The van der Waals surface area contributed by atoms with Crippen molar-refractivity contribution in [2.24, 2.45) is 0 Å². The molecule has 1 saturated heterocycles. The first-order valence-corrected chi connectivity index (χ1v) is 7.06. The number of piperidine rings is 1. The Kier molecular flexibility index (Phi) is 9.63. The van der Waals surface area contributed by atoms with Crippen molar-refractivity contribution in [3.63, 3.8) is 0 Å². The van der Waals surface area contributed by atoms with Crippen LogP contribution in [0.1, 0.15) is 32.6 Å². The summed E-state index contributed by atoms with van der Waals surface area (Å²) in [4.78, 5) is 14.2. The maximum absolute atomic E-state index is 11.4. The molecule has 0 saturated carbocycles. The number of carbonyl (C=O) groups excluding carboxylic acids is 1. The third kappa shape index (κ3) is 4.98. The molecule has 0 spiro atoms. The third-order valence-corrected chi connectivity index (χ3v) is 4.00. The highest BCUT2D eigenvalue weighted by molar-refractivity contribution is 6.02. The second kappa shape index (κ2) is 9.71. The Morgan fingerprint density at radius 2 is 1.80 bits per heavy atom. The minimum absolute atomic E-state index is 0. The number of hydrogen-bond donors (Lipinski definition) is 3. The summed E-state index contributed by atoms with van der Waals surface area (Å²) in [7, 11) is 0. The molecule has 0 amide bonds. The number of likely N-dealkylation sites (tertiary alicyclic amines) is 1. The minimum Gasteiger partial charge on any atom is -1.00 e. The average molecular weight is 412 g/mol. The second-order valence-electron chi connectivity index (χ2n) is 5.21. The van der Waals surface area contributed by atoms with Crippen LogP contribution in [0.15, 0.2) is 23.7 Å². The zero-order valence-corrected chi connectivity index (χ0v) is 15.1. The average Bonchev–Trinajstić information content (AvgIpc) is 2.41. The quantitative estimate of drug-likeness (QED) is 0.430. The molecule has 0 radical (unpaired) electrons. The van der Waals surface area contributed by atoms with Gasteiger partial charge in [-0.3, -0.25) is 9.69 Å². The topological polar surface area (TPSA) is 46.2 Å². The Morgan fingerprint density at radius 3 is 2.40 bits per heavy atom. The lowest BCUT2D eigenvalue weighted by atomic mass is 10.1. The van der Waals surface area contributed by atoms with Crippen LogP contribution in [0, 0.1) is 0 Å². The van der Waals surface area contributed by atoms with Gasteiger partial charge in [0.05, 0.1) is 13.1 Å². The summed E-state index contributed by atoms with van der Waals surface area (Å²) >= 11 is 0. The van der Waals surface area contributed by atoms with Crippen LogP contribution in [0.4, 0.5) is 0 Å². The van der Waals surface area contributed by atoms with Gasteiger partial charge < -0.3 is 44.0 Å². The number of rotatable bonds is 4. The molecular weight excluding hydrogens is 388 g/mol. The maximum Gasteiger partial charge on any atom is 0.231 e. The number of ketones is 1. The van der Waals surface area contributed by atoms with Crippen LogP contribution in [-0.4, -0.2) is 37.1 Å². The molecule has 1 fully saturated rings. The molecular formula is C14H24Br2N2O2. The lowest BCUT2D eigenvalue weighted by molar-refractivity contribution is -0.932. The molecule has 2 rings (SSSR count). The molecule has 1 atom stereocenters. The van der Waals surface area contributed by atoms with Gasteiger partial charge in [0.2, 0.25) is 11.5 Å². The van der Waals surface area contributed by atoms with E-state index in [2.05, 4.69) is 0 Å². The molecule has 20 heavy (non-hydrogen) atoms. The number of carbonyl (C=O) groups is 1. The first-order chi connectivity index (χ1) is 8.72. The number of halogens is 2. The summed E-state index contributed by atoms with van der Waals surface area (Å²) < 4.78 is 0. The van der Waals surface area contributed by atoms with Gasteiger partial charge >= 0.3 is 0 Å². The predicted octanol–water partition coefficient (Wildman–Crippen LogP) is -6.78. The van der Waals surface area contributed by atoms with E-state index in [1.54, 1.807) is 4.90 Å². The van der Waals surface area contributed by atoms with Crippen molar-refractivity contribution in [3.05, 3.63) is 23.7 Å². The molecule has 4 nitrogen and oxygen atoms in total. The molecule has 0 aliphatic carbocycles. The second-order valence-corrected chi connectivity index (χ2v) is 5.21. The Bertz CT molecular complexity index is 377. The Morgan fingerprint density at radius 1 is 1.15 bits per heavy atom. The summed E-state index contributed by atoms with van der Waals surface area (Å²) in [5, 5.41) is 9.80. The van der Waals surface area contributed by atoms with E-state index in [0.717, 1.165) is 30.1 Å². The van der Waals surface area contributed by atoms with Crippen molar-refractivity contribution < 1.29 is 53.7 Å². The zero-order chi connectivity index (χ0) is 13.0. The van der Waals surface area contributed by atoms with Crippen molar-refractivity contribution >= 4 is 5.78 Å². The van der Waals surface area contributed by atoms with Crippen LogP contribution >= 0.6 is 0 Å². The fourth-order valence-electron chi connectivity index (χ4n) is 2.90. The zero-order valence-electron chi connectivity index (χ0n) is 11.9. The first kappa shape index (κ1) is 19.8. The number of hydrogen-bond acceptors (Lipinski definition) is 2. The third-order valence-electron chi connectivity index (χ3n) is 4.00. The Labute approximate surface area is 142 Å². The SMILES string of the molecule is CCC1=C(O)C(=O)C=C[NH+]1CC[NH+]1CCCCC1.[Br-].[Br-]. The summed E-state index contributed by atoms with van der Waals surface area (Å²) in [5.74, 6) is -0.287. The molecule has 2 aliphatic rings. The fraction of sp³-hybridized carbons (Fsp3) is 0.643. The van der Waals surface area contributed by atoms with E-state index < -0.39 is 0 Å². The number of aliphatic hydroxyl groups is 1. The molecule has 0 aromatic rings. The lowest BCUT2D eigenvalue weighted by Gasteiger charge is -2.26. The molecule has 0 aromatic heterocycles. The van der Waals surface area contributed by atoms with Crippen LogP contribution in [0.3, 0.4) is 0 Å². The van der Waals surface area contributed by atoms with Crippen molar-refractivity contribution in [1.29, 1.82) is 0 Å². The molecule has 1 unspecified atom stereocenters. The number of quaternary nitrogens is 2. The summed E-state index contributed by atoms with van der Waals surface area (Å²) in [6.45, 7) is 6.61. The number of allylic oxidation sites excluding steroid dienone is 2. The number of aliphatic hydroxyl groups excluding tert-OH is 1. The molecule has 2 aliphatic heterocycles. The van der Waals surface area contributed by atoms with Gasteiger partial charge in [0.15, 0.2) is 5.70 Å². The largest absolute Gasteiger partial charge is 1.00 e. The molecule has 0 aromatic carbocycles. The summed E-state index contributed by atoms with van der Waals surface area (Å²) in [6, 6.07) is 0. The lowest BCUT2D eigenvalue weighted by Crippen LogP contribution is -3.18. The summed E-state index contributed by atoms with van der Waals surface area (Å²) in [6.07, 6.45) is 8.16. The van der Waals surface area contributed by atoms with E-state index >= 15 is 0 Å². The van der Waals surface area contributed by atoms with Gasteiger partial charge in [-0.05, 0) is 19.3 Å². The maximum atomic E-state index is 11.4. The highest BCUT2D eigenvalue weighted by Gasteiger charge is 2.26. The molecule has 0 bridgehead atoms. The van der Waals surface area contributed by atoms with Crippen LogP contribution in [-0.2, 0) is 4.79 Å². The molecule has 3 N–H and O–H groups in total. The molecule has 116 valence electrons. The van der Waals surface area contributed by atoms with Gasteiger partial charge in [0, 0.05) is 12.5 Å². The van der Waals surface area contributed by atoms with Crippen molar-refractivity contribution in [3.8, 4) is 0 Å². The number of nitrogens with one attached hydrogen (secondary N) is 2. The Balaban J connectivity index is 0.00000180. The first-order valence-electron chi connectivity index (χ1n) is 7.06. The van der Waals surface area contributed by atoms with Crippen molar-refractivity contribution in [2.75, 3.05) is 26.2 Å². The van der Waals surface area contributed by atoms with E-state index in [4.69, 9.17) is 0 Å². The van der Waals surface area contributed by atoms with Crippen LogP contribution in [0.5, 0.6) is 0 Å². The molecule has 2 heterocycles. The smallest absolute Gasteiger partial charge is 0.231 e. The van der Waals surface area contributed by atoms with Crippen molar-refractivity contribution in [1.82, 2.24) is 0 Å². The minimum atomic E-state index is -0.249. The van der Waals surface area contributed by atoms with Gasteiger partial charge in [-0.15, -0.1) is 0 Å². The highest BCUT2D eigenvalue weighted by Crippen LogP contribution is 2.04. The van der Waals surface area contributed by atoms with Gasteiger partial charge in [-0.1, -0.05) is 6.92 Å². The van der Waals surface area contributed by atoms with E-state index in [-0.39, 0.29) is 45.5 Å². The van der Waals surface area contributed by atoms with E-state index in [9.17, 15) is 9.90 Å². The van der Waals surface area contributed by atoms with Gasteiger partial charge in [0.25, 0.3) is 0 Å². The molecule has 6 heteroatoms. The fourth-order valence-corrected chi connectivity index (χ4v) is 2.90. The van der Waals surface area contributed by atoms with Gasteiger partial charge in [0.1, 0.15) is 19.3 Å². The van der Waals surface area contributed by atoms with Crippen LogP contribution in [0.25, 0.3) is 0 Å². The standard InChI is InChI=1S/C14H22N2O2.2BrH/c1-2-12-14(18)13(17)6-9-16(12)11-10-15-7-4-3-5-8-15;;/h6,9,18H,2-5,7-8,10-11H2,1H3;2*1H. The van der Waals surface area contributed by atoms with E-state index in [1.807, 2.05) is 13.1 Å². The summed E-state index contributed by atoms with van der Waals surface area (Å²) in [5.41, 5.74) is 0.846. The van der Waals surface area contributed by atoms with Crippen molar-refractivity contribution in [2.45, 2.75) is 32.6 Å². The Hall–Kier alpha value is -0.170. The monoisotopic (exact) mass is 410 g/mol. The highest BCUT2D eigenvalue weighted by atomic mass is 79.9. The normalized spacial score (nSPS) is 23.2. The predicted molar refractivity (Wildman–Crippen MR) is 69.3 cm³/mol. The van der Waals surface area contributed by atoms with Crippen LogP contribution < -0.4 is 43.8 Å². The van der Waals surface area contributed by atoms with E-state index in [0.29, 0.717) is 0 Å². The van der Waals surface area contributed by atoms with E-state index in [1.165, 1.54) is 38.4 Å².